The molecule has 2 aromatic heterocycles. The molecule has 5 heteroatoms. The summed E-state index contributed by atoms with van der Waals surface area (Å²) in [4.78, 5) is 16.3. The summed E-state index contributed by atoms with van der Waals surface area (Å²) in [5.41, 5.74) is 14.0. The number of pyridine rings is 1. The topological polar surface area (TPSA) is 82.0 Å². The highest BCUT2D eigenvalue weighted by atomic mass is 32.1. The minimum absolute atomic E-state index is 0.384. The minimum atomic E-state index is -0.507. The smallest absolute Gasteiger partial charge is 0.260 e. The van der Waals surface area contributed by atoms with Crippen molar-refractivity contribution in [3.8, 4) is 11.1 Å². The van der Waals surface area contributed by atoms with Crippen LogP contribution in [0.5, 0.6) is 0 Å². The van der Waals surface area contributed by atoms with Crippen LogP contribution in [0.2, 0.25) is 0 Å². The minimum Gasteiger partial charge on any atom is -0.397 e. The monoisotopic (exact) mass is 319 g/mol. The summed E-state index contributed by atoms with van der Waals surface area (Å²) < 4.78 is 0.863. The first-order valence-electron chi connectivity index (χ1n) is 7.10. The molecule has 0 unspecified atom stereocenters. The van der Waals surface area contributed by atoms with Crippen molar-refractivity contribution in [2.24, 2.45) is 5.73 Å². The van der Waals surface area contributed by atoms with E-state index in [2.05, 4.69) is 23.2 Å². The number of anilines is 1. The molecule has 0 aliphatic carbocycles. The Morgan fingerprint density at radius 3 is 2.61 bits per heavy atom. The number of fused-ring (bicyclic) bond motifs is 2. The normalized spacial score (nSPS) is 11.1. The Morgan fingerprint density at radius 2 is 1.78 bits per heavy atom. The van der Waals surface area contributed by atoms with Gasteiger partial charge in [0.25, 0.3) is 5.91 Å². The molecular formula is C18H13N3OS. The third-order valence-electron chi connectivity index (χ3n) is 3.94. The average Bonchev–Trinajstić information content (AvgIpc) is 2.92. The first-order valence-corrected chi connectivity index (χ1v) is 7.92. The number of benzene rings is 2. The van der Waals surface area contributed by atoms with Gasteiger partial charge in [-0.3, -0.25) is 9.78 Å². The van der Waals surface area contributed by atoms with Gasteiger partial charge in [0, 0.05) is 23.3 Å². The van der Waals surface area contributed by atoms with Gasteiger partial charge >= 0.3 is 0 Å². The van der Waals surface area contributed by atoms with Crippen LogP contribution < -0.4 is 11.5 Å². The van der Waals surface area contributed by atoms with Crippen LogP contribution in [0.15, 0.2) is 54.9 Å². The van der Waals surface area contributed by atoms with E-state index in [1.807, 2.05) is 24.3 Å². The summed E-state index contributed by atoms with van der Waals surface area (Å²) >= 11 is 1.28. The molecule has 2 heterocycles. The van der Waals surface area contributed by atoms with Gasteiger partial charge in [0.05, 0.1) is 10.4 Å². The number of nitrogen functional groups attached to an aromatic ring is 1. The van der Waals surface area contributed by atoms with Gasteiger partial charge in [0.15, 0.2) is 0 Å². The molecule has 0 radical (unpaired) electrons. The molecule has 4 rings (SSSR count). The zero-order chi connectivity index (χ0) is 16.0. The number of primary amides is 1. The molecule has 1 amide bonds. The molecular weight excluding hydrogens is 306 g/mol. The van der Waals surface area contributed by atoms with Crippen LogP contribution in [-0.2, 0) is 0 Å². The Morgan fingerprint density at radius 1 is 1.00 bits per heavy atom. The van der Waals surface area contributed by atoms with Gasteiger partial charge in [-0.1, -0.05) is 42.5 Å². The van der Waals surface area contributed by atoms with Crippen LogP contribution in [0.25, 0.3) is 32.0 Å². The van der Waals surface area contributed by atoms with E-state index < -0.39 is 5.91 Å². The molecule has 112 valence electrons. The molecule has 4 N–H and O–H groups in total. The number of nitrogens with zero attached hydrogens (tertiary/aromatic N) is 1. The van der Waals surface area contributed by atoms with Gasteiger partial charge in [-0.05, 0) is 16.3 Å². The Hall–Kier alpha value is -2.92. The van der Waals surface area contributed by atoms with Crippen molar-refractivity contribution in [3.05, 3.63) is 59.7 Å². The van der Waals surface area contributed by atoms with Gasteiger partial charge in [-0.15, -0.1) is 11.3 Å². The molecule has 23 heavy (non-hydrogen) atoms. The summed E-state index contributed by atoms with van der Waals surface area (Å²) in [5.74, 6) is -0.507. The fourth-order valence-corrected chi connectivity index (χ4v) is 3.89. The van der Waals surface area contributed by atoms with E-state index >= 15 is 0 Å². The van der Waals surface area contributed by atoms with Crippen LogP contribution in [-0.4, -0.2) is 10.9 Å². The summed E-state index contributed by atoms with van der Waals surface area (Å²) in [6.45, 7) is 0. The highest BCUT2D eigenvalue weighted by Crippen LogP contribution is 2.41. The molecule has 0 fully saturated rings. The SMILES string of the molecule is NC(=O)c1sc2cncc(-c3cccc4ccccc34)c2c1N. The fourth-order valence-electron chi connectivity index (χ4n) is 2.92. The van der Waals surface area contributed by atoms with Crippen LogP contribution in [0.1, 0.15) is 9.67 Å². The number of hydrogen-bond acceptors (Lipinski definition) is 4. The van der Waals surface area contributed by atoms with Crippen LogP contribution >= 0.6 is 11.3 Å². The van der Waals surface area contributed by atoms with E-state index in [1.54, 1.807) is 12.4 Å². The first-order chi connectivity index (χ1) is 11.2. The second-order valence-electron chi connectivity index (χ2n) is 5.30. The van der Waals surface area contributed by atoms with E-state index in [1.165, 1.54) is 11.3 Å². The molecule has 4 aromatic rings. The average molecular weight is 319 g/mol. The van der Waals surface area contributed by atoms with Crippen LogP contribution in [0.3, 0.4) is 0 Å². The van der Waals surface area contributed by atoms with E-state index in [9.17, 15) is 4.79 Å². The number of nitrogens with two attached hydrogens (primary N) is 2. The standard InChI is InChI=1S/C18H13N3OS/c19-16-15-13(8-21-9-14(15)23-17(16)18(20)22)12-7-3-5-10-4-1-2-6-11(10)12/h1-9H,19H2,(H2,20,22). The van der Waals surface area contributed by atoms with Gasteiger partial charge in [-0.25, -0.2) is 0 Å². The van der Waals surface area contributed by atoms with Crippen molar-refractivity contribution in [3.63, 3.8) is 0 Å². The third kappa shape index (κ3) is 2.05. The number of carbonyl (C=O) groups is 1. The Balaban J connectivity index is 2.11. The quantitative estimate of drug-likeness (QED) is 0.589. The number of hydrogen-bond donors (Lipinski definition) is 2. The predicted molar refractivity (Wildman–Crippen MR) is 95.5 cm³/mol. The summed E-state index contributed by atoms with van der Waals surface area (Å²) in [6.07, 6.45) is 3.51. The number of amides is 1. The molecule has 4 nitrogen and oxygen atoms in total. The first kappa shape index (κ1) is 13.7. The molecule has 0 aliphatic rings. The van der Waals surface area contributed by atoms with Crippen LogP contribution in [0, 0.1) is 0 Å². The Kier molecular flexibility index (Phi) is 3.02. The summed E-state index contributed by atoms with van der Waals surface area (Å²) in [5, 5.41) is 3.11. The molecule has 0 bridgehead atoms. The van der Waals surface area contributed by atoms with E-state index in [4.69, 9.17) is 11.5 Å². The van der Waals surface area contributed by atoms with E-state index in [-0.39, 0.29) is 0 Å². The molecule has 0 aliphatic heterocycles. The molecule has 0 spiro atoms. The maximum atomic E-state index is 11.6. The van der Waals surface area contributed by atoms with Gasteiger partial charge < -0.3 is 11.5 Å². The number of rotatable bonds is 2. The van der Waals surface area contributed by atoms with E-state index in [0.29, 0.717) is 10.6 Å². The molecule has 2 aromatic carbocycles. The van der Waals surface area contributed by atoms with Gasteiger partial charge in [0.1, 0.15) is 4.88 Å². The number of aromatic nitrogens is 1. The van der Waals surface area contributed by atoms with E-state index in [0.717, 1.165) is 32.0 Å². The highest BCUT2D eigenvalue weighted by molar-refractivity contribution is 7.21. The van der Waals surface area contributed by atoms with Crippen LogP contribution in [0.4, 0.5) is 5.69 Å². The van der Waals surface area contributed by atoms with Gasteiger partial charge in [-0.2, -0.15) is 0 Å². The number of carbonyl (C=O) groups excluding carboxylic acids is 1. The second-order valence-corrected chi connectivity index (χ2v) is 6.35. The summed E-state index contributed by atoms with van der Waals surface area (Å²) in [7, 11) is 0. The third-order valence-corrected chi connectivity index (χ3v) is 5.10. The molecule has 0 saturated carbocycles. The number of thiophene rings is 1. The van der Waals surface area contributed by atoms with Gasteiger partial charge in [0.2, 0.25) is 0 Å². The highest BCUT2D eigenvalue weighted by Gasteiger charge is 2.18. The van der Waals surface area contributed by atoms with Crippen molar-refractivity contribution in [1.29, 1.82) is 0 Å². The zero-order valence-electron chi connectivity index (χ0n) is 12.1. The second kappa shape index (κ2) is 5.07. The largest absolute Gasteiger partial charge is 0.397 e. The lowest BCUT2D eigenvalue weighted by molar-refractivity contribution is 0.100. The Labute approximate surface area is 136 Å². The fraction of sp³-hybridized carbons (Fsp3) is 0. The van der Waals surface area contributed by atoms with Crippen molar-refractivity contribution in [1.82, 2.24) is 4.98 Å². The molecule has 0 saturated heterocycles. The van der Waals surface area contributed by atoms with Crippen molar-refractivity contribution < 1.29 is 4.79 Å². The predicted octanol–water partition coefficient (Wildman–Crippen LogP) is 3.80. The maximum Gasteiger partial charge on any atom is 0.260 e. The maximum absolute atomic E-state index is 11.6. The Bertz CT molecular complexity index is 1060. The lowest BCUT2D eigenvalue weighted by atomic mass is 9.97. The van der Waals surface area contributed by atoms with Crippen molar-refractivity contribution in [2.75, 3.05) is 5.73 Å². The lowest BCUT2D eigenvalue weighted by Gasteiger charge is -2.08. The zero-order valence-corrected chi connectivity index (χ0v) is 12.9. The summed E-state index contributed by atoms with van der Waals surface area (Å²) in [6, 6.07) is 14.3. The van der Waals surface area contributed by atoms with Crippen molar-refractivity contribution >= 4 is 43.8 Å². The van der Waals surface area contributed by atoms with Crippen molar-refractivity contribution in [2.45, 2.75) is 0 Å². The lowest BCUT2D eigenvalue weighted by Crippen LogP contribution is -2.10. The molecule has 0 atom stereocenters.